The molecule has 0 aliphatic carbocycles. The van der Waals surface area contributed by atoms with Crippen molar-refractivity contribution in [2.45, 2.75) is 45.4 Å². The first kappa shape index (κ1) is 24.9. The van der Waals surface area contributed by atoms with Gasteiger partial charge in [-0.15, -0.1) is 0 Å². The Hall–Kier alpha value is -3.23. The lowest BCUT2D eigenvalue weighted by Crippen LogP contribution is -2.41. The summed E-state index contributed by atoms with van der Waals surface area (Å²) in [6, 6.07) is 13.7. The summed E-state index contributed by atoms with van der Waals surface area (Å²) in [4.78, 5) is 12.9. The highest BCUT2D eigenvalue weighted by molar-refractivity contribution is 7.89. The highest BCUT2D eigenvalue weighted by Gasteiger charge is 2.36. The van der Waals surface area contributed by atoms with Crippen LogP contribution in [-0.2, 0) is 14.8 Å². The Morgan fingerprint density at radius 3 is 2.34 bits per heavy atom. The molecular formula is C27H31N3O4S. The van der Waals surface area contributed by atoms with E-state index in [0.29, 0.717) is 18.5 Å². The van der Waals surface area contributed by atoms with Crippen molar-refractivity contribution >= 4 is 33.8 Å². The molecule has 1 N–H and O–H groups in total. The topological polar surface area (TPSA) is 92.5 Å². The molecule has 2 aromatic carbocycles. The van der Waals surface area contributed by atoms with Crippen LogP contribution in [0, 0.1) is 33.6 Å². The summed E-state index contributed by atoms with van der Waals surface area (Å²) in [5, 5.41) is 6.88. The van der Waals surface area contributed by atoms with Crippen LogP contribution in [-0.4, -0.2) is 36.9 Å². The number of nitrogens with one attached hydrogen (secondary N) is 1. The molecule has 1 saturated heterocycles. The van der Waals surface area contributed by atoms with Crippen LogP contribution in [0.4, 0.5) is 5.69 Å². The number of benzene rings is 2. The molecule has 1 aliphatic rings. The molecule has 0 unspecified atom stereocenters. The number of amides is 1. The van der Waals surface area contributed by atoms with Gasteiger partial charge in [-0.2, -0.15) is 4.31 Å². The maximum Gasteiger partial charge on any atom is 0.248 e. The van der Waals surface area contributed by atoms with Crippen molar-refractivity contribution in [1.29, 1.82) is 0 Å². The zero-order chi connectivity index (χ0) is 25.2. The largest absolute Gasteiger partial charge is 0.355 e. The van der Waals surface area contributed by atoms with E-state index in [0.717, 1.165) is 22.4 Å². The van der Waals surface area contributed by atoms with Gasteiger partial charge in [-0.05, 0) is 75.4 Å². The highest BCUT2D eigenvalue weighted by Crippen LogP contribution is 2.30. The van der Waals surface area contributed by atoms with E-state index in [1.807, 2.05) is 69.3 Å². The maximum absolute atomic E-state index is 13.5. The van der Waals surface area contributed by atoms with Crippen LogP contribution in [0.2, 0.25) is 0 Å². The predicted octanol–water partition coefficient (Wildman–Crippen LogP) is 5.12. The van der Waals surface area contributed by atoms with E-state index >= 15 is 0 Å². The third kappa shape index (κ3) is 5.55. The van der Waals surface area contributed by atoms with Crippen LogP contribution >= 0.6 is 0 Å². The first-order valence-electron chi connectivity index (χ1n) is 11.7. The molecule has 8 heteroatoms. The van der Waals surface area contributed by atoms with Gasteiger partial charge < -0.3 is 9.84 Å². The van der Waals surface area contributed by atoms with Gasteiger partial charge >= 0.3 is 0 Å². The minimum Gasteiger partial charge on any atom is -0.355 e. The number of aryl methyl sites for hydroxylation is 4. The standard InChI is InChI=1S/C27H31N3O4S/c1-18-5-8-22(9-6-18)10-12-25-26(21(4)29-34-25)35(32,33)30-15-13-23(14-16-30)27(31)28-24-11-7-19(2)20(3)17-24/h5-12,17,23H,13-16H2,1-4H3,(H,28,31). The van der Waals surface area contributed by atoms with Crippen LogP contribution in [0.3, 0.4) is 0 Å². The van der Waals surface area contributed by atoms with Crippen molar-refractivity contribution in [2.75, 3.05) is 18.4 Å². The van der Waals surface area contributed by atoms with Gasteiger partial charge in [0.25, 0.3) is 0 Å². The van der Waals surface area contributed by atoms with Gasteiger partial charge in [0.2, 0.25) is 15.9 Å². The maximum atomic E-state index is 13.5. The molecule has 4 rings (SSSR count). The second kappa shape index (κ2) is 10.2. The molecule has 1 amide bonds. The quantitative estimate of drug-likeness (QED) is 0.515. The summed E-state index contributed by atoms with van der Waals surface area (Å²) in [5.41, 5.74) is 5.44. The molecule has 3 aromatic rings. The zero-order valence-corrected chi connectivity index (χ0v) is 21.4. The summed E-state index contributed by atoms with van der Waals surface area (Å²) in [6.07, 6.45) is 4.35. The summed E-state index contributed by atoms with van der Waals surface area (Å²) >= 11 is 0. The van der Waals surface area contributed by atoms with Crippen molar-refractivity contribution < 1.29 is 17.7 Å². The fourth-order valence-corrected chi connectivity index (χ4v) is 5.92. The van der Waals surface area contributed by atoms with Crippen molar-refractivity contribution in [3.05, 3.63) is 76.2 Å². The lowest BCUT2D eigenvalue weighted by atomic mass is 9.97. The first-order valence-corrected chi connectivity index (χ1v) is 13.2. The molecule has 35 heavy (non-hydrogen) atoms. The molecular weight excluding hydrogens is 462 g/mol. The molecule has 0 bridgehead atoms. The van der Waals surface area contributed by atoms with Crippen molar-refractivity contribution in [3.63, 3.8) is 0 Å². The number of nitrogens with zero attached hydrogens (tertiary/aromatic N) is 2. The Labute approximate surface area is 206 Å². The van der Waals surface area contributed by atoms with E-state index in [9.17, 15) is 13.2 Å². The van der Waals surface area contributed by atoms with Crippen LogP contribution < -0.4 is 5.32 Å². The lowest BCUT2D eigenvalue weighted by Gasteiger charge is -2.30. The fourth-order valence-electron chi connectivity index (χ4n) is 4.20. The number of hydrogen-bond donors (Lipinski definition) is 1. The predicted molar refractivity (Wildman–Crippen MR) is 137 cm³/mol. The van der Waals surface area contributed by atoms with Gasteiger partial charge in [0.05, 0.1) is 0 Å². The molecule has 2 heterocycles. The van der Waals surface area contributed by atoms with Gasteiger partial charge in [-0.1, -0.05) is 47.1 Å². The molecule has 0 spiro atoms. The highest BCUT2D eigenvalue weighted by atomic mass is 32.2. The van der Waals surface area contributed by atoms with Crippen LogP contribution in [0.1, 0.15) is 46.5 Å². The second-order valence-electron chi connectivity index (χ2n) is 9.17. The normalized spacial score (nSPS) is 15.5. The van der Waals surface area contributed by atoms with Gasteiger partial charge in [0.15, 0.2) is 10.7 Å². The number of carbonyl (C=O) groups is 1. The molecule has 1 aromatic heterocycles. The molecule has 0 atom stereocenters. The Morgan fingerprint density at radius 2 is 1.69 bits per heavy atom. The van der Waals surface area contributed by atoms with Gasteiger partial charge in [0.1, 0.15) is 5.69 Å². The van der Waals surface area contributed by atoms with Crippen LogP contribution in [0.25, 0.3) is 12.2 Å². The van der Waals surface area contributed by atoms with Crippen molar-refractivity contribution in [3.8, 4) is 0 Å². The Bertz CT molecular complexity index is 1350. The summed E-state index contributed by atoms with van der Waals surface area (Å²) in [5.74, 6) is -0.113. The van der Waals surface area contributed by atoms with E-state index in [-0.39, 0.29) is 35.6 Å². The number of anilines is 1. The van der Waals surface area contributed by atoms with Crippen LogP contribution in [0.5, 0.6) is 0 Å². The van der Waals surface area contributed by atoms with E-state index < -0.39 is 10.0 Å². The third-order valence-electron chi connectivity index (χ3n) is 6.53. The summed E-state index contributed by atoms with van der Waals surface area (Å²) in [6.45, 7) is 8.19. The van der Waals surface area contributed by atoms with E-state index in [4.69, 9.17) is 4.52 Å². The molecule has 184 valence electrons. The number of sulfonamides is 1. The van der Waals surface area contributed by atoms with Gasteiger partial charge in [-0.3, -0.25) is 4.79 Å². The average molecular weight is 494 g/mol. The smallest absolute Gasteiger partial charge is 0.248 e. The number of rotatable bonds is 6. The molecule has 1 aliphatic heterocycles. The van der Waals surface area contributed by atoms with E-state index in [1.165, 1.54) is 9.87 Å². The summed E-state index contributed by atoms with van der Waals surface area (Å²) < 4.78 is 33.7. The van der Waals surface area contributed by atoms with Gasteiger partial charge in [-0.25, -0.2) is 8.42 Å². The zero-order valence-electron chi connectivity index (χ0n) is 20.5. The number of aromatic nitrogens is 1. The van der Waals surface area contributed by atoms with E-state index in [2.05, 4.69) is 10.5 Å². The number of carbonyl (C=O) groups excluding carboxylic acids is 1. The summed E-state index contributed by atoms with van der Waals surface area (Å²) in [7, 11) is -3.82. The fraction of sp³-hybridized carbons (Fsp3) is 0.333. The SMILES string of the molecule is Cc1ccc(C=Cc2onc(C)c2S(=O)(=O)N2CCC(C(=O)Nc3ccc(C)c(C)c3)CC2)cc1. The average Bonchev–Trinajstić information content (AvgIpc) is 3.22. The second-order valence-corrected chi connectivity index (χ2v) is 11.0. The van der Waals surface area contributed by atoms with Gasteiger partial charge in [0, 0.05) is 24.7 Å². The van der Waals surface area contributed by atoms with E-state index in [1.54, 1.807) is 13.0 Å². The Kier molecular flexibility index (Phi) is 7.23. The van der Waals surface area contributed by atoms with Crippen molar-refractivity contribution in [2.24, 2.45) is 5.92 Å². The first-order chi connectivity index (χ1) is 16.6. The van der Waals surface area contributed by atoms with Crippen molar-refractivity contribution in [1.82, 2.24) is 9.46 Å². The minimum absolute atomic E-state index is 0.0758. The monoisotopic (exact) mass is 493 g/mol. The molecule has 0 radical (unpaired) electrons. The Morgan fingerprint density at radius 1 is 1.00 bits per heavy atom. The number of hydrogen-bond acceptors (Lipinski definition) is 5. The number of piperidine rings is 1. The molecule has 7 nitrogen and oxygen atoms in total. The molecule has 1 fully saturated rings. The molecule has 0 saturated carbocycles. The minimum atomic E-state index is -3.82. The third-order valence-corrected chi connectivity index (χ3v) is 8.59. The lowest BCUT2D eigenvalue weighted by molar-refractivity contribution is -0.120. The van der Waals surface area contributed by atoms with Crippen LogP contribution in [0.15, 0.2) is 51.9 Å². The Balaban J connectivity index is 1.44.